The van der Waals surface area contributed by atoms with Crippen molar-refractivity contribution in [3.05, 3.63) is 0 Å². The zero-order valence-electron chi connectivity index (χ0n) is 16.3. The Bertz CT molecular complexity index is 523. The van der Waals surface area contributed by atoms with Crippen LogP contribution in [0.2, 0.25) is 0 Å². The number of aliphatic hydroxyl groups is 1. The summed E-state index contributed by atoms with van der Waals surface area (Å²) >= 11 is 0. The summed E-state index contributed by atoms with van der Waals surface area (Å²) in [7, 11) is -8.86. The first kappa shape index (κ1) is 24.6. The van der Waals surface area contributed by atoms with Gasteiger partial charge in [0.25, 0.3) is 0 Å². The number of hydrogen-bond donors (Lipinski definition) is 6. The number of aliphatic hydroxyl groups excluding tert-OH is 1. The van der Waals surface area contributed by atoms with Crippen LogP contribution in [0.25, 0.3) is 0 Å². The summed E-state index contributed by atoms with van der Waals surface area (Å²) in [6.07, 6.45) is 10.6. The molecular weight excluding hydrogens is 410 g/mol. The second-order valence-corrected chi connectivity index (χ2v) is 11.0. The molecule has 2 aliphatic carbocycles. The van der Waals surface area contributed by atoms with Gasteiger partial charge >= 0.3 is 123 Å². The van der Waals surface area contributed by atoms with E-state index >= 15 is 0 Å². The van der Waals surface area contributed by atoms with Crippen LogP contribution < -0.4 is 0 Å². The van der Waals surface area contributed by atoms with Crippen molar-refractivity contribution in [2.45, 2.75) is 107 Å². The molecule has 0 aromatic heterocycles. The second kappa shape index (κ2) is 10.1. The molecule has 168 valence electrons. The molecule has 2 fully saturated rings. The van der Waals surface area contributed by atoms with Gasteiger partial charge in [0.2, 0.25) is 0 Å². The predicted molar refractivity (Wildman–Crippen MR) is 105 cm³/mol. The molecule has 0 aromatic rings. The van der Waals surface area contributed by atoms with Crippen LogP contribution >= 0.6 is 16.0 Å². The Morgan fingerprint density at radius 1 is 0.821 bits per heavy atom. The molecule has 0 aliphatic heterocycles. The smallest absolute Gasteiger partial charge is 0.0205 e. The van der Waals surface area contributed by atoms with Gasteiger partial charge in [0, 0.05) is 0 Å². The monoisotopic (exact) mass is 446 g/mol. The number of phosphoric acid groups is 1. The topological polar surface area (TPSA) is 157 Å². The summed E-state index contributed by atoms with van der Waals surface area (Å²) in [5, 5.41) is 10.1. The van der Waals surface area contributed by atoms with E-state index in [4.69, 9.17) is 33.5 Å². The van der Waals surface area contributed by atoms with Crippen molar-refractivity contribution in [1.82, 2.24) is 0 Å². The largest absolute Gasteiger partial charge is 0.0205 e. The molecule has 9 nitrogen and oxygen atoms in total. The van der Waals surface area contributed by atoms with Crippen molar-refractivity contribution in [1.29, 1.82) is 0 Å². The van der Waals surface area contributed by atoms with Gasteiger partial charge in [0.1, 0.15) is 0 Å². The molecule has 2 saturated carbocycles. The van der Waals surface area contributed by atoms with Crippen LogP contribution in [0.15, 0.2) is 0 Å². The Morgan fingerprint density at radius 3 is 1.68 bits per heavy atom. The standard InChI is InChI=1S/C17H36O9P2/c18-15(7-3-1-5-9-16(11-12-16)25-27(19,20)21)8-4-2-6-10-17(13-14-17)26-28(22,23)24/h15,18-21,27H,1-14H2,(H2,22,23,24). The van der Waals surface area contributed by atoms with Crippen LogP contribution in [0, 0.1) is 0 Å². The van der Waals surface area contributed by atoms with Crippen LogP contribution in [0.5, 0.6) is 0 Å². The summed E-state index contributed by atoms with van der Waals surface area (Å²) in [5.41, 5.74) is -1.17. The molecule has 0 spiro atoms. The molecule has 0 amide bonds. The number of phosphoric ester groups is 1. The third kappa shape index (κ3) is 10.4. The molecular formula is C17H36O9P2. The Balaban J connectivity index is 1.43. The molecule has 0 heterocycles. The normalized spacial score (nSPS) is 22.1. The number of hydrogen-bond acceptors (Lipinski definition) is 7. The third-order valence-electron chi connectivity index (χ3n) is 5.62. The molecule has 2 aliphatic rings. The van der Waals surface area contributed by atoms with E-state index in [9.17, 15) is 9.67 Å². The van der Waals surface area contributed by atoms with Gasteiger partial charge in [-0.05, 0) is 19.3 Å². The van der Waals surface area contributed by atoms with Crippen LogP contribution in [-0.4, -0.2) is 46.9 Å². The molecule has 1 unspecified atom stereocenters. The first-order valence-electron chi connectivity index (χ1n) is 10.2. The maximum absolute atomic E-state index is 10.9. The zero-order chi connectivity index (χ0) is 20.9. The summed E-state index contributed by atoms with van der Waals surface area (Å²) < 4.78 is 20.8. The maximum Gasteiger partial charge on any atom is -0.0205 e. The SMILES string of the molecule is O=P(O)(O)OC1(CCCCCC(O)CCCCCC2(O[PH](O)(O)O)CC2)CC1. The van der Waals surface area contributed by atoms with E-state index in [2.05, 4.69) is 0 Å². The van der Waals surface area contributed by atoms with E-state index in [0.29, 0.717) is 32.1 Å². The van der Waals surface area contributed by atoms with E-state index in [1.807, 2.05) is 0 Å². The minimum absolute atomic E-state index is 0.347. The van der Waals surface area contributed by atoms with Crippen molar-refractivity contribution in [3.8, 4) is 0 Å². The second-order valence-electron chi connectivity index (χ2n) is 8.48. The molecule has 0 aromatic carbocycles. The van der Waals surface area contributed by atoms with Gasteiger partial charge in [-0.25, -0.2) is 4.57 Å². The van der Waals surface area contributed by atoms with Gasteiger partial charge in [-0.15, -0.1) is 0 Å². The summed E-state index contributed by atoms with van der Waals surface area (Å²) in [6.45, 7) is 0. The Kier molecular flexibility index (Phi) is 8.88. The van der Waals surface area contributed by atoms with E-state index in [-0.39, 0.29) is 6.10 Å². The Morgan fingerprint density at radius 2 is 1.29 bits per heavy atom. The fourth-order valence-electron chi connectivity index (χ4n) is 3.76. The average molecular weight is 446 g/mol. The van der Waals surface area contributed by atoms with E-state index in [1.54, 1.807) is 0 Å². The minimum atomic E-state index is -4.44. The van der Waals surface area contributed by atoms with E-state index in [1.165, 1.54) is 0 Å². The first-order valence-corrected chi connectivity index (χ1v) is 13.5. The molecule has 1 atom stereocenters. The average Bonchev–Trinajstić information content (AvgIpc) is 3.43. The zero-order valence-corrected chi connectivity index (χ0v) is 18.2. The van der Waals surface area contributed by atoms with Crippen molar-refractivity contribution in [2.75, 3.05) is 0 Å². The molecule has 0 bridgehead atoms. The van der Waals surface area contributed by atoms with Crippen molar-refractivity contribution in [3.63, 3.8) is 0 Å². The summed E-state index contributed by atoms with van der Waals surface area (Å²) in [5.74, 6) is 0. The van der Waals surface area contributed by atoms with Crippen LogP contribution in [0.4, 0.5) is 0 Å². The summed E-state index contributed by atoms with van der Waals surface area (Å²) in [6, 6.07) is 0. The first-order chi connectivity index (χ1) is 12.9. The third-order valence-corrected chi connectivity index (χ3v) is 6.95. The molecule has 0 saturated heterocycles. The predicted octanol–water partition coefficient (Wildman–Crippen LogP) is 2.83. The fraction of sp³-hybridized carbons (Fsp3) is 1.00. The maximum atomic E-state index is 10.9. The van der Waals surface area contributed by atoms with Gasteiger partial charge in [-0.2, -0.15) is 0 Å². The van der Waals surface area contributed by atoms with E-state index < -0.39 is 27.2 Å². The van der Waals surface area contributed by atoms with Crippen LogP contribution in [-0.2, 0) is 13.6 Å². The minimum Gasteiger partial charge on any atom is -0.0205 e. The summed E-state index contributed by atoms with van der Waals surface area (Å²) in [4.78, 5) is 44.9. The molecule has 0 radical (unpaired) electrons. The fourth-order valence-corrected chi connectivity index (χ4v) is 5.43. The van der Waals surface area contributed by atoms with Gasteiger partial charge in [-0.3, -0.25) is 4.52 Å². The molecule has 11 heteroatoms. The number of rotatable bonds is 16. The quantitative estimate of drug-likeness (QED) is 0.155. The number of unbranched alkanes of at least 4 members (excludes halogenated alkanes) is 4. The molecule has 6 N–H and O–H groups in total. The molecule has 2 rings (SSSR count). The van der Waals surface area contributed by atoms with Crippen LogP contribution in [0.1, 0.15) is 89.9 Å². The Hall–Kier alpha value is 0.340. The Labute approximate surface area is 167 Å². The van der Waals surface area contributed by atoms with Crippen molar-refractivity contribution in [2.24, 2.45) is 0 Å². The van der Waals surface area contributed by atoms with Crippen LogP contribution in [0.3, 0.4) is 0 Å². The van der Waals surface area contributed by atoms with Gasteiger partial charge in [0.05, 0.1) is 5.60 Å². The van der Waals surface area contributed by atoms with Gasteiger partial charge in [0.15, 0.2) is 0 Å². The van der Waals surface area contributed by atoms with Crippen molar-refractivity contribution >= 4 is 16.0 Å². The molecule has 28 heavy (non-hydrogen) atoms. The van der Waals surface area contributed by atoms with Crippen molar-refractivity contribution < 1.29 is 43.2 Å². The van der Waals surface area contributed by atoms with Gasteiger partial charge < -0.3 is 9.79 Å². The van der Waals surface area contributed by atoms with Gasteiger partial charge in [-0.1, -0.05) is 0 Å². The van der Waals surface area contributed by atoms with E-state index in [0.717, 1.165) is 57.8 Å².